The van der Waals surface area contributed by atoms with Crippen molar-refractivity contribution in [3.63, 3.8) is 0 Å². The molecule has 4 heteroatoms. The monoisotopic (exact) mass is 187 g/mol. The first-order valence-corrected chi connectivity index (χ1v) is 4.50. The summed E-state index contributed by atoms with van der Waals surface area (Å²) in [5, 5.41) is 9.04. The minimum atomic E-state index is -0.331. The third kappa shape index (κ3) is 2.46. The molecular formula is C8H10FNOS. The van der Waals surface area contributed by atoms with Crippen LogP contribution < -0.4 is 0 Å². The maximum atomic E-state index is 12.9. The standard InChI is InChI=1S/C8H10FNOS/c1-6(5-11)12-8-7(9)3-2-4-10-8/h2-4,6,11H,5H2,1H3. The summed E-state index contributed by atoms with van der Waals surface area (Å²) in [5.41, 5.74) is 0. The molecule has 0 spiro atoms. The number of hydrogen-bond donors (Lipinski definition) is 1. The van der Waals surface area contributed by atoms with Gasteiger partial charge in [0, 0.05) is 11.4 Å². The van der Waals surface area contributed by atoms with Gasteiger partial charge in [-0.25, -0.2) is 9.37 Å². The van der Waals surface area contributed by atoms with Gasteiger partial charge < -0.3 is 5.11 Å². The van der Waals surface area contributed by atoms with Crippen LogP contribution in [0.5, 0.6) is 0 Å². The zero-order valence-corrected chi connectivity index (χ0v) is 7.51. The van der Waals surface area contributed by atoms with Crippen molar-refractivity contribution in [2.24, 2.45) is 0 Å². The molecule has 0 aliphatic heterocycles. The summed E-state index contributed by atoms with van der Waals surface area (Å²) in [7, 11) is 0. The summed E-state index contributed by atoms with van der Waals surface area (Å²) >= 11 is 1.23. The summed E-state index contributed by atoms with van der Waals surface area (Å²) in [6.07, 6.45) is 1.54. The zero-order valence-electron chi connectivity index (χ0n) is 6.70. The first-order chi connectivity index (χ1) is 5.74. The number of hydrogen-bond acceptors (Lipinski definition) is 3. The minimum absolute atomic E-state index is 0.0191. The summed E-state index contributed by atoms with van der Waals surface area (Å²) in [5.74, 6) is -0.331. The Labute approximate surface area is 74.8 Å². The Bertz CT molecular complexity index is 257. The molecule has 1 atom stereocenters. The fraction of sp³-hybridized carbons (Fsp3) is 0.375. The van der Waals surface area contributed by atoms with Crippen molar-refractivity contribution in [3.05, 3.63) is 24.1 Å². The van der Waals surface area contributed by atoms with E-state index in [9.17, 15) is 4.39 Å². The number of aliphatic hydroxyl groups is 1. The van der Waals surface area contributed by atoms with E-state index in [4.69, 9.17) is 5.11 Å². The van der Waals surface area contributed by atoms with Gasteiger partial charge in [-0.05, 0) is 12.1 Å². The predicted octanol–water partition coefficient (Wildman–Crippen LogP) is 1.69. The van der Waals surface area contributed by atoms with Crippen molar-refractivity contribution in [1.29, 1.82) is 0 Å². The fourth-order valence-corrected chi connectivity index (χ4v) is 1.44. The molecule has 1 aromatic heterocycles. The van der Waals surface area contributed by atoms with Gasteiger partial charge in [-0.3, -0.25) is 0 Å². The van der Waals surface area contributed by atoms with E-state index in [-0.39, 0.29) is 17.7 Å². The molecule has 0 aromatic carbocycles. The Hall–Kier alpha value is -0.610. The highest BCUT2D eigenvalue weighted by Gasteiger charge is 2.07. The van der Waals surface area contributed by atoms with Gasteiger partial charge in [0.1, 0.15) is 5.03 Å². The molecular weight excluding hydrogens is 177 g/mol. The van der Waals surface area contributed by atoms with Gasteiger partial charge in [-0.15, -0.1) is 0 Å². The maximum absolute atomic E-state index is 12.9. The van der Waals surface area contributed by atoms with Crippen LogP contribution in [0.2, 0.25) is 0 Å². The highest BCUT2D eigenvalue weighted by Crippen LogP contribution is 2.22. The van der Waals surface area contributed by atoms with E-state index >= 15 is 0 Å². The summed E-state index contributed by atoms with van der Waals surface area (Å²) < 4.78 is 12.9. The van der Waals surface area contributed by atoms with Crippen molar-refractivity contribution >= 4 is 11.8 Å². The lowest BCUT2D eigenvalue weighted by Gasteiger charge is -2.06. The average molecular weight is 187 g/mol. The number of thioether (sulfide) groups is 1. The molecule has 0 bridgehead atoms. The van der Waals surface area contributed by atoms with Crippen LogP contribution in [0.4, 0.5) is 4.39 Å². The highest BCUT2D eigenvalue weighted by atomic mass is 32.2. The number of nitrogens with zero attached hydrogens (tertiary/aromatic N) is 1. The molecule has 1 aromatic rings. The number of aliphatic hydroxyl groups excluding tert-OH is 1. The Kier molecular flexibility index (Phi) is 3.49. The van der Waals surface area contributed by atoms with Crippen molar-refractivity contribution in [1.82, 2.24) is 4.98 Å². The minimum Gasteiger partial charge on any atom is -0.395 e. The van der Waals surface area contributed by atoms with Crippen LogP contribution in [0.3, 0.4) is 0 Å². The summed E-state index contributed by atoms with van der Waals surface area (Å²) in [6, 6.07) is 2.91. The topological polar surface area (TPSA) is 33.1 Å². The summed E-state index contributed by atoms with van der Waals surface area (Å²) in [6.45, 7) is 1.85. The number of pyridine rings is 1. The van der Waals surface area contributed by atoms with Gasteiger partial charge in [0.05, 0.1) is 6.61 Å². The Morgan fingerprint density at radius 2 is 2.50 bits per heavy atom. The van der Waals surface area contributed by atoms with Crippen LogP contribution in [-0.4, -0.2) is 21.9 Å². The van der Waals surface area contributed by atoms with Crippen LogP contribution >= 0.6 is 11.8 Å². The van der Waals surface area contributed by atoms with Gasteiger partial charge in [-0.2, -0.15) is 0 Å². The average Bonchev–Trinajstić information content (AvgIpc) is 2.09. The normalized spacial score (nSPS) is 12.9. The second-order valence-corrected chi connectivity index (χ2v) is 3.83. The van der Waals surface area contributed by atoms with Crippen LogP contribution in [0, 0.1) is 5.82 Å². The molecule has 0 aliphatic carbocycles. The van der Waals surface area contributed by atoms with E-state index in [0.717, 1.165) is 0 Å². The lowest BCUT2D eigenvalue weighted by molar-refractivity contribution is 0.300. The molecule has 0 saturated carbocycles. The molecule has 0 radical (unpaired) electrons. The molecule has 12 heavy (non-hydrogen) atoms. The Morgan fingerprint density at radius 1 is 1.75 bits per heavy atom. The molecule has 0 fully saturated rings. The first-order valence-electron chi connectivity index (χ1n) is 3.62. The SMILES string of the molecule is CC(CO)Sc1ncccc1F. The molecule has 0 aliphatic rings. The largest absolute Gasteiger partial charge is 0.395 e. The number of aromatic nitrogens is 1. The smallest absolute Gasteiger partial charge is 0.155 e. The van der Waals surface area contributed by atoms with E-state index in [1.807, 2.05) is 6.92 Å². The van der Waals surface area contributed by atoms with Crippen LogP contribution in [0.15, 0.2) is 23.4 Å². The molecule has 0 amide bonds. The Balaban J connectivity index is 2.69. The van der Waals surface area contributed by atoms with Gasteiger partial charge in [0.15, 0.2) is 5.82 Å². The van der Waals surface area contributed by atoms with Gasteiger partial charge in [-0.1, -0.05) is 18.7 Å². The van der Waals surface area contributed by atoms with Crippen molar-refractivity contribution in [2.45, 2.75) is 17.2 Å². The van der Waals surface area contributed by atoms with Crippen LogP contribution in [0.1, 0.15) is 6.92 Å². The van der Waals surface area contributed by atoms with Gasteiger partial charge >= 0.3 is 0 Å². The van der Waals surface area contributed by atoms with E-state index in [2.05, 4.69) is 4.98 Å². The van der Waals surface area contributed by atoms with E-state index in [1.54, 1.807) is 6.07 Å². The lowest BCUT2D eigenvalue weighted by atomic mass is 10.5. The molecule has 1 unspecified atom stereocenters. The lowest BCUT2D eigenvalue weighted by Crippen LogP contribution is -2.02. The van der Waals surface area contributed by atoms with Crippen molar-refractivity contribution in [3.8, 4) is 0 Å². The van der Waals surface area contributed by atoms with E-state index in [0.29, 0.717) is 5.03 Å². The zero-order chi connectivity index (χ0) is 8.97. The van der Waals surface area contributed by atoms with Gasteiger partial charge in [0.25, 0.3) is 0 Å². The third-order valence-electron chi connectivity index (χ3n) is 1.29. The van der Waals surface area contributed by atoms with E-state index < -0.39 is 0 Å². The molecule has 0 saturated heterocycles. The molecule has 66 valence electrons. The van der Waals surface area contributed by atoms with Crippen molar-refractivity contribution in [2.75, 3.05) is 6.61 Å². The maximum Gasteiger partial charge on any atom is 0.155 e. The first kappa shape index (κ1) is 9.48. The Morgan fingerprint density at radius 3 is 3.08 bits per heavy atom. The van der Waals surface area contributed by atoms with Gasteiger partial charge in [0.2, 0.25) is 0 Å². The third-order valence-corrected chi connectivity index (χ3v) is 2.37. The second-order valence-electron chi connectivity index (χ2n) is 2.40. The van der Waals surface area contributed by atoms with Crippen LogP contribution in [0.25, 0.3) is 0 Å². The summed E-state index contributed by atoms with van der Waals surface area (Å²) in [4.78, 5) is 3.84. The highest BCUT2D eigenvalue weighted by molar-refractivity contribution is 7.99. The number of halogens is 1. The van der Waals surface area contributed by atoms with Crippen LogP contribution in [-0.2, 0) is 0 Å². The molecule has 2 nitrogen and oxygen atoms in total. The fourth-order valence-electron chi connectivity index (χ4n) is 0.686. The van der Waals surface area contributed by atoms with E-state index in [1.165, 1.54) is 24.0 Å². The quantitative estimate of drug-likeness (QED) is 0.731. The molecule has 1 heterocycles. The molecule has 1 N–H and O–H groups in total. The van der Waals surface area contributed by atoms with Crippen molar-refractivity contribution < 1.29 is 9.50 Å². The predicted molar refractivity (Wildman–Crippen MR) is 46.6 cm³/mol. The molecule has 1 rings (SSSR count). The second kappa shape index (κ2) is 4.42. The number of rotatable bonds is 3.